The summed E-state index contributed by atoms with van der Waals surface area (Å²) in [5.41, 5.74) is 8.36. The van der Waals surface area contributed by atoms with Gasteiger partial charge in [0.25, 0.3) is 0 Å². The zero-order valence-corrected chi connectivity index (χ0v) is 22.3. The Bertz CT molecular complexity index is 1300. The lowest BCUT2D eigenvalue weighted by atomic mass is 9.63. The number of benzene rings is 2. The highest BCUT2D eigenvalue weighted by Crippen LogP contribution is 2.58. The first-order valence-electron chi connectivity index (χ1n) is 14.1. The van der Waals surface area contributed by atoms with Gasteiger partial charge in [-0.05, 0) is 91.5 Å². The van der Waals surface area contributed by atoms with Crippen LogP contribution in [0.4, 0.5) is 0 Å². The summed E-state index contributed by atoms with van der Waals surface area (Å²) in [5, 5.41) is 7.71. The van der Waals surface area contributed by atoms with Crippen molar-refractivity contribution in [3.63, 3.8) is 0 Å². The first-order chi connectivity index (χ1) is 18.0. The lowest BCUT2D eigenvalue weighted by Crippen LogP contribution is -2.36. The fourth-order valence-corrected chi connectivity index (χ4v) is 7.66. The molecule has 5 nitrogen and oxygen atoms in total. The van der Waals surface area contributed by atoms with E-state index in [0.29, 0.717) is 36.7 Å². The molecule has 3 unspecified atom stereocenters. The van der Waals surface area contributed by atoms with Gasteiger partial charge in [-0.3, -0.25) is 5.10 Å². The smallest absolute Gasteiger partial charge is 0.359 e. The number of aromatic nitrogens is 2. The molecule has 0 radical (unpaired) electrons. The van der Waals surface area contributed by atoms with Gasteiger partial charge in [0.1, 0.15) is 12.4 Å². The quantitative estimate of drug-likeness (QED) is 0.385. The predicted octanol–water partition coefficient (Wildman–Crippen LogP) is 6.69. The Morgan fingerprint density at radius 2 is 2.00 bits per heavy atom. The van der Waals surface area contributed by atoms with Gasteiger partial charge in [-0.15, -0.1) is 0 Å². The third kappa shape index (κ3) is 4.07. The van der Waals surface area contributed by atoms with Crippen LogP contribution in [0.3, 0.4) is 0 Å². The molecule has 5 heteroatoms. The molecule has 0 amide bonds. The van der Waals surface area contributed by atoms with Crippen molar-refractivity contribution in [1.82, 2.24) is 10.2 Å². The first-order valence-corrected chi connectivity index (χ1v) is 14.1. The highest BCUT2D eigenvalue weighted by molar-refractivity contribution is 5.89. The van der Waals surface area contributed by atoms with Crippen LogP contribution in [0.1, 0.15) is 96.4 Å². The Hall–Kier alpha value is -3.08. The molecular weight excluding hydrogens is 460 g/mol. The first kappa shape index (κ1) is 24.3. The number of ether oxygens (including phenoxy) is 2. The number of aromatic amines is 1. The second-order valence-electron chi connectivity index (χ2n) is 11.4. The van der Waals surface area contributed by atoms with Gasteiger partial charge in [-0.1, -0.05) is 56.7 Å². The van der Waals surface area contributed by atoms with Crippen LogP contribution in [0.25, 0.3) is 0 Å². The molecule has 3 aliphatic rings. The van der Waals surface area contributed by atoms with E-state index in [0.717, 1.165) is 37.0 Å². The van der Waals surface area contributed by atoms with E-state index >= 15 is 0 Å². The zero-order chi connectivity index (χ0) is 25.6. The molecule has 1 aromatic heterocycles. The van der Waals surface area contributed by atoms with Crippen molar-refractivity contribution in [2.24, 2.45) is 11.8 Å². The number of carbonyl (C=O) groups excluding carboxylic acids is 1. The summed E-state index contributed by atoms with van der Waals surface area (Å²) in [5.74, 6) is 2.44. The number of H-pyrrole nitrogens is 1. The summed E-state index contributed by atoms with van der Waals surface area (Å²) >= 11 is 0. The number of rotatable bonds is 6. The summed E-state index contributed by atoms with van der Waals surface area (Å²) in [4.78, 5) is 12.6. The molecule has 1 N–H and O–H groups in total. The normalized spacial score (nSPS) is 25.9. The van der Waals surface area contributed by atoms with Gasteiger partial charge >= 0.3 is 5.97 Å². The number of carbonyl (C=O) groups is 1. The molecule has 6 rings (SSSR count). The molecule has 1 heterocycles. The van der Waals surface area contributed by atoms with Gasteiger partial charge in [0.05, 0.1) is 6.61 Å². The largest absolute Gasteiger partial charge is 0.489 e. The molecular formula is C32H38N2O3. The number of hydrogen-bond donors (Lipinski definition) is 1. The summed E-state index contributed by atoms with van der Waals surface area (Å²) in [6.07, 6.45) is 7.72. The fraction of sp³-hybridized carbons (Fsp3) is 0.500. The Morgan fingerprint density at radius 3 is 2.78 bits per heavy atom. The number of hydrogen-bond acceptors (Lipinski definition) is 4. The van der Waals surface area contributed by atoms with Crippen LogP contribution in [-0.4, -0.2) is 22.8 Å². The zero-order valence-electron chi connectivity index (χ0n) is 22.3. The molecule has 3 aliphatic carbocycles. The molecule has 3 aromatic rings. The van der Waals surface area contributed by atoms with Crippen molar-refractivity contribution >= 4 is 5.97 Å². The summed E-state index contributed by atoms with van der Waals surface area (Å²) < 4.78 is 11.7. The van der Waals surface area contributed by atoms with E-state index < -0.39 is 0 Å². The topological polar surface area (TPSA) is 64.2 Å². The van der Waals surface area contributed by atoms with Gasteiger partial charge in [0.2, 0.25) is 0 Å². The highest BCUT2D eigenvalue weighted by Gasteiger charge is 2.53. The van der Waals surface area contributed by atoms with E-state index in [4.69, 9.17) is 9.47 Å². The van der Waals surface area contributed by atoms with Crippen molar-refractivity contribution in [1.29, 1.82) is 0 Å². The van der Waals surface area contributed by atoms with Crippen molar-refractivity contribution in [3.05, 3.63) is 81.7 Å². The van der Waals surface area contributed by atoms with Crippen molar-refractivity contribution in [3.8, 4) is 5.75 Å². The molecule has 4 atom stereocenters. The van der Waals surface area contributed by atoms with E-state index in [-0.39, 0.29) is 11.4 Å². The summed E-state index contributed by atoms with van der Waals surface area (Å²) in [6, 6.07) is 15.2. The molecule has 0 bridgehead atoms. The maximum atomic E-state index is 12.6. The minimum atomic E-state index is -0.291. The Kier molecular flexibility index (Phi) is 6.34. The molecule has 194 valence electrons. The average molecular weight is 499 g/mol. The molecule has 1 fully saturated rings. The minimum absolute atomic E-state index is 0.0380. The molecule has 2 aromatic carbocycles. The number of esters is 1. The molecule has 0 aliphatic heterocycles. The lowest BCUT2D eigenvalue weighted by molar-refractivity contribution is 0.0517. The predicted molar refractivity (Wildman–Crippen MR) is 144 cm³/mol. The van der Waals surface area contributed by atoms with E-state index in [1.165, 1.54) is 41.6 Å². The van der Waals surface area contributed by atoms with E-state index in [2.05, 4.69) is 60.4 Å². The average Bonchev–Trinajstić information content (AvgIpc) is 3.42. The Morgan fingerprint density at radius 1 is 1.16 bits per heavy atom. The standard InChI is InChI=1S/C32H38N2O3/c1-4-21-16-25-22(17-28(21)37-19-20-10-7-6-8-11-20)13-14-24-23(25)12-9-15-32(3)27(24)18-26-29(31(35)36-5-2)33-34-30(26)32/h6-8,10-11,16-17,23-24,27H,4-5,9,12-15,18-19H2,1-3H3,(H,33,34)/t23?,24?,27?,32-/m0/s1. The molecule has 0 saturated heterocycles. The van der Waals surface area contributed by atoms with Crippen molar-refractivity contribution in [2.75, 3.05) is 6.61 Å². The summed E-state index contributed by atoms with van der Waals surface area (Å²) in [7, 11) is 0. The van der Waals surface area contributed by atoms with Crippen LogP contribution < -0.4 is 4.74 Å². The third-order valence-electron chi connectivity index (χ3n) is 9.48. The number of aryl methyl sites for hydroxylation is 2. The van der Waals surface area contributed by atoms with Crippen LogP contribution in [-0.2, 0) is 36.0 Å². The lowest BCUT2D eigenvalue weighted by Gasteiger charge is -2.41. The Balaban J connectivity index is 1.29. The Labute approximate surface area is 220 Å². The monoisotopic (exact) mass is 498 g/mol. The highest BCUT2D eigenvalue weighted by atomic mass is 16.5. The van der Waals surface area contributed by atoms with Crippen LogP contribution in [0.5, 0.6) is 5.75 Å². The number of nitrogens with zero attached hydrogens (tertiary/aromatic N) is 1. The number of nitrogens with one attached hydrogen (secondary N) is 1. The van der Waals surface area contributed by atoms with Gasteiger partial charge in [0.15, 0.2) is 5.69 Å². The van der Waals surface area contributed by atoms with Crippen LogP contribution >= 0.6 is 0 Å². The third-order valence-corrected chi connectivity index (χ3v) is 9.48. The van der Waals surface area contributed by atoms with E-state index in [1.54, 1.807) is 5.56 Å². The van der Waals surface area contributed by atoms with Crippen molar-refractivity contribution < 1.29 is 14.3 Å². The molecule has 0 spiro atoms. The van der Waals surface area contributed by atoms with Crippen LogP contribution in [0.2, 0.25) is 0 Å². The van der Waals surface area contributed by atoms with Crippen LogP contribution in [0.15, 0.2) is 42.5 Å². The van der Waals surface area contributed by atoms with Gasteiger partial charge in [0, 0.05) is 16.7 Å². The van der Waals surface area contributed by atoms with Crippen LogP contribution in [0, 0.1) is 11.8 Å². The molecule has 1 saturated carbocycles. The van der Waals surface area contributed by atoms with Gasteiger partial charge in [-0.25, -0.2) is 4.79 Å². The molecule has 37 heavy (non-hydrogen) atoms. The van der Waals surface area contributed by atoms with Crippen molar-refractivity contribution in [2.45, 2.75) is 83.7 Å². The fourth-order valence-electron chi connectivity index (χ4n) is 7.66. The number of fused-ring (bicyclic) bond motifs is 7. The maximum Gasteiger partial charge on any atom is 0.359 e. The SMILES string of the molecule is CCOC(=O)c1n[nH]c2c1CC1C3CCc4cc(OCc5ccccc5)c(CC)cc4C3CCC[C@]21C. The van der Waals surface area contributed by atoms with Gasteiger partial charge in [-0.2, -0.15) is 5.10 Å². The minimum Gasteiger partial charge on any atom is -0.489 e. The van der Waals surface area contributed by atoms with Gasteiger partial charge < -0.3 is 9.47 Å². The second-order valence-corrected chi connectivity index (χ2v) is 11.4. The van der Waals surface area contributed by atoms with E-state index in [1.807, 2.05) is 13.0 Å². The summed E-state index contributed by atoms with van der Waals surface area (Å²) in [6.45, 7) is 7.47. The maximum absolute atomic E-state index is 12.6. The van der Waals surface area contributed by atoms with E-state index in [9.17, 15) is 4.79 Å². The second kappa shape index (κ2) is 9.66.